The number of carbonyl (C=O) groups excluding carboxylic acids is 1. The minimum absolute atomic E-state index is 0.00620. The number of carbonyl (C=O) groups is 1. The van der Waals surface area contributed by atoms with Crippen LogP contribution in [0.25, 0.3) is 0 Å². The summed E-state index contributed by atoms with van der Waals surface area (Å²) < 4.78 is 22.8. The van der Waals surface area contributed by atoms with Crippen molar-refractivity contribution >= 4 is 27.5 Å². The number of benzene rings is 1. The molecule has 0 aromatic heterocycles. The lowest BCUT2D eigenvalue weighted by Gasteiger charge is -2.12. The zero-order valence-electron chi connectivity index (χ0n) is 10.7. The number of sulfone groups is 1. The summed E-state index contributed by atoms with van der Waals surface area (Å²) in [4.78, 5) is 12.9. The summed E-state index contributed by atoms with van der Waals surface area (Å²) in [6, 6.07) is 8.71. The second-order valence-corrected chi connectivity index (χ2v) is 7.76. The summed E-state index contributed by atoms with van der Waals surface area (Å²) in [6.45, 7) is 0. The van der Waals surface area contributed by atoms with E-state index >= 15 is 0 Å². The van der Waals surface area contributed by atoms with Crippen LogP contribution in [0.3, 0.4) is 0 Å². The first kappa shape index (κ1) is 14.9. The summed E-state index contributed by atoms with van der Waals surface area (Å²) in [5, 5.41) is 11.4. The minimum Gasteiger partial charge on any atom is -0.348 e. The van der Waals surface area contributed by atoms with Gasteiger partial charge >= 0.3 is 0 Å². The molecule has 1 aromatic rings. The van der Waals surface area contributed by atoms with Crippen molar-refractivity contribution in [3.8, 4) is 6.07 Å². The molecule has 2 rings (SSSR count). The van der Waals surface area contributed by atoms with Gasteiger partial charge in [0.1, 0.15) is 0 Å². The van der Waals surface area contributed by atoms with Crippen molar-refractivity contribution in [2.24, 2.45) is 0 Å². The molecule has 106 valence electrons. The van der Waals surface area contributed by atoms with Crippen LogP contribution in [0.5, 0.6) is 0 Å². The quantitative estimate of drug-likeness (QED) is 0.845. The average molecular weight is 310 g/mol. The summed E-state index contributed by atoms with van der Waals surface area (Å²) in [7, 11) is -3.01. The molecule has 0 radical (unpaired) electrons. The standard InChI is InChI=1S/C13H14N2O3S2/c14-6-7-19-12-4-2-1-3-11(12)13(16)15-10-5-8-20(17,18)9-10/h1-4,10H,5,7-9H2,(H,15,16). The largest absolute Gasteiger partial charge is 0.348 e. The van der Waals surface area contributed by atoms with Crippen LogP contribution in [-0.2, 0) is 9.84 Å². The molecule has 1 unspecified atom stereocenters. The third-order valence-corrected chi connectivity index (χ3v) is 5.70. The van der Waals surface area contributed by atoms with E-state index in [0.717, 1.165) is 4.90 Å². The molecule has 1 fully saturated rings. The Morgan fingerprint density at radius 3 is 2.85 bits per heavy atom. The van der Waals surface area contributed by atoms with Crippen LogP contribution in [0.15, 0.2) is 29.2 Å². The van der Waals surface area contributed by atoms with Crippen molar-refractivity contribution in [2.75, 3.05) is 17.3 Å². The van der Waals surface area contributed by atoms with Crippen LogP contribution in [0.1, 0.15) is 16.8 Å². The third kappa shape index (κ3) is 3.74. The van der Waals surface area contributed by atoms with E-state index in [0.29, 0.717) is 12.0 Å². The Morgan fingerprint density at radius 2 is 2.20 bits per heavy atom. The van der Waals surface area contributed by atoms with Gasteiger partial charge in [-0.25, -0.2) is 8.42 Å². The number of nitrogens with one attached hydrogen (secondary N) is 1. The smallest absolute Gasteiger partial charge is 0.252 e. The molecular formula is C13H14N2O3S2. The fourth-order valence-electron chi connectivity index (χ4n) is 2.06. The Balaban J connectivity index is 2.08. The SMILES string of the molecule is N#CCSc1ccccc1C(=O)NC1CCS(=O)(=O)C1. The fourth-order valence-corrected chi connectivity index (χ4v) is 4.45. The lowest BCUT2D eigenvalue weighted by atomic mass is 10.2. The van der Waals surface area contributed by atoms with E-state index in [1.54, 1.807) is 24.3 Å². The predicted molar refractivity (Wildman–Crippen MR) is 77.3 cm³/mol. The van der Waals surface area contributed by atoms with Gasteiger partial charge in [-0.2, -0.15) is 5.26 Å². The van der Waals surface area contributed by atoms with Gasteiger partial charge in [-0.15, -0.1) is 11.8 Å². The second-order valence-electron chi connectivity index (χ2n) is 4.52. The topological polar surface area (TPSA) is 87.0 Å². The average Bonchev–Trinajstić information content (AvgIpc) is 2.76. The summed E-state index contributed by atoms with van der Waals surface area (Å²) >= 11 is 1.29. The van der Waals surface area contributed by atoms with Gasteiger partial charge in [0.05, 0.1) is 28.9 Å². The molecule has 20 heavy (non-hydrogen) atoms. The molecule has 7 heteroatoms. The number of hydrogen-bond acceptors (Lipinski definition) is 5. The number of rotatable bonds is 4. The van der Waals surface area contributed by atoms with Crippen LogP contribution in [0, 0.1) is 11.3 Å². The van der Waals surface area contributed by atoms with E-state index in [2.05, 4.69) is 5.32 Å². The van der Waals surface area contributed by atoms with Gasteiger partial charge in [-0.1, -0.05) is 12.1 Å². The first-order valence-electron chi connectivity index (χ1n) is 6.12. The number of hydrogen-bond donors (Lipinski definition) is 1. The van der Waals surface area contributed by atoms with Gasteiger partial charge < -0.3 is 5.32 Å². The van der Waals surface area contributed by atoms with Gasteiger partial charge in [0.25, 0.3) is 5.91 Å². The summed E-state index contributed by atoms with van der Waals surface area (Å²) in [5.41, 5.74) is 0.483. The lowest BCUT2D eigenvalue weighted by Crippen LogP contribution is -2.35. The van der Waals surface area contributed by atoms with E-state index in [1.165, 1.54) is 11.8 Å². The molecule has 1 saturated heterocycles. The molecule has 1 atom stereocenters. The van der Waals surface area contributed by atoms with E-state index < -0.39 is 9.84 Å². The highest BCUT2D eigenvalue weighted by atomic mass is 32.2. The maximum absolute atomic E-state index is 12.2. The predicted octanol–water partition coefficient (Wildman–Crippen LogP) is 1.22. The van der Waals surface area contributed by atoms with E-state index in [1.807, 2.05) is 6.07 Å². The normalized spacial score (nSPS) is 20.2. The maximum Gasteiger partial charge on any atom is 0.252 e. The van der Waals surface area contributed by atoms with Crippen molar-refractivity contribution < 1.29 is 13.2 Å². The van der Waals surface area contributed by atoms with Crippen LogP contribution in [0.4, 0.5) is 0 Å². The van der Waals surface area contributed by atoms with Crippen molar-refractivity contribution in [1.82, 2.24) is 5.32 Å². The van der Waals surface area contributed by atoms with Crippen molar-refractivity contribution in [1.29, 1.82) is 5.26 Å². The third-order valence-electron chi connectivity index (χ3n) is 2.99. The molecule has 1 aromatic carbocycles. The number of nitrogens with zero attached hydrogens (tertiary/aromatic N) is 1. The first-order valence-corrected chi connectivity index (χ1v) is 8.92. The molecule has 1 aliphatic heterocycles. The molecule has 0 bridgehead atoms. The zero-order valence-corrected chi connectivity index (χ0v) is 12.3. The number of thioether (sulfide) groups is 1. The zero-order chi connectivity index (χ0) is 14.6. The fraction of sp³-hybridized carbons (Fsp3) is 0.385. The van der Waals surface area contributed by atoms with Crippen LogP contribution in [0.2, 0.25) is 0 Å². The van der Waals surface area contributed by atoms with Gasteiger partial charge in [-0.3, -0.25) is 4.79 Å². The Bertz CT molecular complexity index is 650. The lowest BCUT2D eigenvalue weighted by molar-refractivity contribution is 0.0938. The molecule has 1 heterocycles. The van der Waals surface area contributed by atoms with Gasteiger partial charge in [0, 0.05) is 10.9 Å². The van der Waals surface area contributed by atoms with E-state index in [9.17, 15) is 13.2 Å². The maximum atomic E-state index is 12.2. The van der Waals surface area contributed by atoms with Crippen LogP contribution < -0.4 is 5.32 Å². The van der Waals surface area contributed by atoms with Gasteiger partial charge in [0.15, 0.2) is 9.84 Å². The molecule has 0 saturated carbocycles. The number of amides is 1. The highest BCUT2D eigenvalue weighted by Crippen LogP contribution is 2.22. The molecular weight excluding hydrogens is 296 g/mol. The summed E-state index contributed by atoms with van der Waals surface area (Å²) in [6.07, 6.45) is 0.460. The molecule has 0 aliphatic carbocycles. The van der Waals surface area contributed by atoms with E-state index in [-0.39, 0.29) is 29.2 Å². The number of nitriles is 1. The second kappa shape index (κ2) is 6.29. The molecule has 0 spiro atoms. The molecule has 1 N–H and O–H groups in total. The molecule has 5 nitrogen and oxygen atoms in total. The van der Waals surface area contributed by atoms with Crippen molar-refractivity contribution in [3.63, 3.8) is 0 Å². The molecule has 1 aliphatic rings. The van der Waals surface area contributed by atoms with Crippen molar-refractivity contribution in [3.05, 3.63) is 29.8 Å². The highest BCUT2D eigenvalue weighted by molar-refractivity contribution is 7.99. The van der Waals surface area contributed by atoms with Crippen LogP contribution in [-0.4, -0.2) is 37.6 Å². The Morgan fingerprint density at radius 1 is 1.45 bits per heavy atom. The summed E-state index contributed by atoms with van der Waals surface area (Å²) in [5.74, 6) is 0.116. The Hall–Kier alpha value is -1.52. The van der Waals surface area contributed by atoms with Crippen molar-refractivity contribution in [2.45, 2.75) is 17.4 Å². The Kier molecular flexibility index (Phi) is 4.68. The highest BCUT2D eigenvalue weighted by Gasteiger charge is 2.29. The minimum atomic E-state index is -3.01. The van der Waals surface area contributed by atoms with Gasteiger partial charge in [0.2, 0.25) is 0 Å². The molecule has 1 amide bonds. The van der Waals surface area contributed by atoms with Crippen LogP contribution >= 0.6 is 11.8 Å². The van der Waals surface area contributed by atoms with E-state index in [4.69, 9.17) is 5.26 Å². The van der Waals surface area contributed by atoms with Gasteiger partial charge in [-0.05, 0) is 18.6 Å². The first-order chi connectivity index (χ1) is 9.52. The monoisotopic (exact) mass is 310 g/mol. The Labute approximate surface area is 122 Å².